The number of aryl methyl sites for hydroxylation is 1. The summed E-state index contributed by atoms with van der Waals surface area (Å²) in [6, 6.07) is 17.4. The first-order valence-electron chi connectivity index (χ1n) is 11.3. The third kappa shape index (κ3) is 4.93. The molecule has 1 aliphatic heterocycles. The Morgan fingerprint density at radius 2 is 1.88 bits per heavy atom. The number of hydrogen-bond donors (Lipinski definition) is 1. The van der Waals surface area contributed by atoms with Crippen molar-refractivity contribution in [3.8, 4) is 11.3 Å². The molecule has 0 radical (unpaired) electrons. The van der Waals surface area contributed by atoms with Crippen molar-refractivity contribution >= 4 is 17.5 Å². The van der Waals surface area contributed by atoms with Crippen LogP contribution in [0, 0.1) is 5.92 Å². The van der Waals surface area contributed by atoms with E-state index in [0.29, 0.717) is 31.0 Å². The number of carbonyl (C=O) groups is 2. The fourth-order valence-corrected chi connectivity index (χ4v) is 4.01. The van der Waals surface area contributed by atoms with Gasteiger partial charge in [-0.2, -0.15) is 0 Å². The molecule has 2 aromatic carbocycles. The second-order valence-corrected chi connectivity index (χ2v) is 8.81. The third-order valence-electron chi connectivity index (χ3n) is 5.83. The molecule has 2 amide bonds. The zero-order valence-electron chi connectivity index (χ0n) is 19.0. The van der Waals surface area contributed by atoms with Crippen LogP contribution in [-0.2, 0) is 24.2 Å². The SMILES string of the molecule is CCc1ccc(C(=O)Nc2cccc(-c3cc4c(o3)CCN(C(=O)CC(C)C)C4)c2)cc1. The highest BCUT2D eigenvalue weighted by Crippen LogP contribution is 2.31. The van der Waals surface area contributed by atoms with Gasteiger partial charge in [-0.25, -0.2) is 0 Å². The highest BCUT2D eigenvalue weighted by Gasteiger charge is 2.24. The zero-order valence-corrected chi connectivity index (χ0v) is 19.0. The highest BCUT2D eigenvalue weighted by molar-refractivity contribution is 6.04. The number of rotatable bonds is 6. The summed E-state index contributed by atoms with van der Waals surface area (Å²) in [5, 5.41) is 2.97. The molecule has 166 valence electrons. The van der Waals surface area contributed by atoms with Gasteiger partial charge in [0.05, 0.1) is 0 Å². The van der Waals surface area contributed by atoms with Gasteiger partial charge < -0.3 is 14.6 Å². The van der Waals surface area contributed by atoms with Crippen LogP contribution in [-0.4, -0.2) is 23.3 Å². The second-order valence-electron chi connectivity index (χ2n) is 8.81. The molecule has 2 heterocycles. The van der Waals surface area contributed by atoms with Gasteiger partial charge >= 0.3 is 0 Å². The Hall–Kier alpha value is -3.34. The van der Waals surface area contributed by atoms with Gasteiger partial charge in [-0.15, -0.1) is 0 Å². The fraction of sp³-hybridized carbons (Fsp3) is 0.333. The molecule has 4 rings (SSSR count). The topological polar surface area (TPSA) is 62.6 Å². The molecule has 0 bridgehead atoms. The predicted molar refractivity (Wildman–Crippen MR) is 126 cm³/mol. The Labute approximate surface area is 189 Å². The number of furan rings is 1. The van der Waals surface area contributed by atoms with Crippen LogP contribution in [0.1, 0.15) is 54.4 Å². The maximum atomic E-state index is 12.6. The van der Waals surface area contributed by atoms with Crippen molar-refractivity contribution in [3.63, 3.8) is 0 Å². The molecule has 0 saturated heterocycles. The van der Waals surface area contributed by atoms with E-state index in [1.165, 1.54) is 5.56 Å². The van der Waals surface area contributed by atoms with Crippen LogP contribution in [0.5, 0.6) is 0 Å². The number of carbonyl (C=O) groups excluding carboxylic acids is 2. The Balaban J connectivity index is 1.47. The Morgan fingerprint density at radius 3 is 2.59 bits per heavy atom. The van der Waals surface area contributed by atoms with E-state index in [9.17, 15) is 9.59 Å². The van der Waals surface area contributed by atoms with Crippen molar-refractivity contribution in [2.45, 2.75) is 46.6 Å². The van der Waals surface area contributed by atoms with Gasteiger partial charge in [0.1, 0.15) is 11.5 Å². The minimum Gasteiger partial charge on any atom is -0.461 e. The van der Waals surface area contributed by atoms with E-state index >= 15 is 0 Å². The van der Waals surface area contributed by atoms with Gasteiger partial charge in [0, 0.05) is 48.3 Å². The van der Waals surface area contributed by atoms with Gasteiger partial charge in [0.2, 0.25) is 5.91 Å². The van der Waals surface area contributed by atoms with Gasteiger partial charge in [0.15, 0.2) is 0 Å². The first kappa shape index (κ1) is 21.9. The second kappa shape index (κ2) is 9.43. The Kier molecular flexibility index (Phi) is 6.45. The lowest BCUT2D eigenvalue weighted by Crippen LogP contribution is -2.35. The van der Waals surface area contributed by atoms with Gasteiger partial charge in [-0.1, -0.05) is 45.0 Å². The summed E-state index contributed by atoms with van der Waals surface area (Å²) in [6.45, 7) is 7.51. The van der Waals surface area contributed by atoms with Gasteiger partial charge in [-0.05, 0) is 48.2 Å². The third-order valence-corrected chi connectivity index (χ3v) is 5.83. The van der Waals surface area contributed by atoms with Crippen molar-refractivity contribution in [3.05, 3.63) is 77.0 Å². The molecule has 0 spiro atoms. The maximum Gasteiger partial charge on any atom is 0.255 e. The lowest BCUT2D eigenvalue weighted by atomic mass is 10.0. The van der Waals surface area contributed by atoms with Gasteiger partial charge in [-0.3, -0.25) is 9.59 Å². The number of amides is 2. The Morgan fingerprint density at radius 1 is 1.09 bits per heavy atom. The fourth-order valence-electron chi connectivity index (χ4n) is 4.01. The molecule has 1 aromatic heterocycles. The molecule has 5 nitrogen and oxygen atoms in total. The molecule has 0 saturated carbocycles. The monoisotopic (exact) mass is 430 g/mol. The van der Waals surface area contributed by atoms with Crippen LogP contribution < -0.4 is 5.32 Å². The predicted octanol–water partition coefficient (Wildman–Crippen LogP) is 5.69. The van der Waals surface area contributed by atoms with E-state index < -0.39 is 0 Å². The van der Waals surface area contributed by atoms with Crippen molar-refractivity contribution in [1.82, 2.24) is 4.90 Å². The number of fused-ring (bicyclic) bond motifs is 1. The number of benzene rings is 2. The van der Waals surface area contributed by atoms with Crippen LogP contribution >= 0.6 is 0 Å². The number of anilines is 1. The normalized spacial score (nSPS) is 13.2. The molecule has 0 atom stereocenters. The Bertz CT molecular complexity index is 1110. The molecule has 1 N–H and O–H groups in total. The average Bonchev–Trinajstić information content (AvgIpc) is 3.22. The zero-order chi connectivity index (χ0) is 22.7. The van der Waals surface area contributed by atoms with E-state index in [1.807, 2.05) is 59.5 Å². The summed E-state index contributed by atoms with van der Waals surface area (Å²) in [7, 11) is 0. The lowest BCUT2D eigenvalue weighted by Gasteiger charge is -2.26. The summed E-state index contributed by atoms with van der Waals surface area (Å²) in [5.41, 5.74) is 4.52. The number of nitrogens with one attached hydrogen (secondary N) is 1. The summed E-state index contributed by atoms with van der Waals surface area (Å²) < 4.78 is 6.12. The van der Waals surface area contributed by atoms with Crippen molar-refractivity contribution in [2.75, 3.05) is 11.9 Å². The number of nitrogens with zero attached hydrogens (tertiary/aromatic N) is 1. The summed E-state index contributed by atoms with van der Waals surface area (Å²) in [6.07, 6.45) is 2.24. The summed E-state index contributed by atoms with van der Waals surface area (Å²) in [5.74, 6) is 2.12. The molecular weight excluding hydrogens is 400 g/mol. The minimum absolute atomic E-state index is 0.136. The van der Waals surface area contributed by atoms with Crippen LogP contribution in [0.2, 0.25) is 0 Å². The van der Waals surface area contributed by atoms with Crippen molar-refractivity contribution < 1.29 is 14.0 Å². The molecule has 0 aliphatic carbocycles. The first-order valence-corrected chi connectivity index (χ1v) is 11.3. The maximum absolute atomic E-state index is 12.6. The molecule has 32 heavy (non-hydrogen) atoms. The average molecular weight is 431 g/mol. The van der Waals surface area contributed by atoms with Crippen molar-refractivity contribution in [1.29, 1.82) is 0 Å². The summed E-state index contributed by atoms with van der Waals surface area (Å²) >= 11 is 0. The largest absolute Gasteiger partial charge is 0.461 e. The highest BCUT2D eigenvalue weighted by atomic mass is 16.3. The van der Waals surface area contributed by atoms with E-state index in [0.717, 1.165) is 41.2 Å². The van der Waals surface area contributed by atoms with Crippen LogP contribution in [0.3, 0.4) is 0 Å². The first-order chi connectivity index (χ1) is 15.4. The van der Waals surface area contributed by atoms with E-state index in [-0.39, 0.29) is 11.8 Å². The van der Waals surface area contributed by atoms with Crippen LogP contribution in [0.4, 0.5) is 5.69 Å². The van der Waals surface area contributed by atoms with E-state index in [1.54, 1.807) is 0 Å². The van der Waals surface area contributed by atoms with Gasteiger partial charge in [0.25, 0.3) is 5.91 Å². The number of hydrogen-bond acceptors (Lipinski definition) is 3. The van der Waals surface area contributed by atoms with E-state index in [2.05, 4.69) is 26.1 Å². The molecular formula is C27H30N2O3. The smallest absolute Gasteiger partial charge is 0.255 e. The molecule has 1 aliphatic rings. The summed E-state index contributed by atoms with van der Waals surface area (Å²) in [4.78, 5) is 27.0. The molecule has 0 fully saturated rings. The van der Waals surface area contributed by atoms with Crippen molar-refractivity contribution in [2.24, 2.45) is 5.92 Å². The lowest BCUT2D eigenvalue weighted by molar-refractivity contribution is -0.132. The van der Waals surface area contributed by atoms with Crippen LogP contribution in [0.15, 0.2) is 59.0 Å². The molecule has 3 aromatic rings. The molecule has 5 heteroatoms. The van der Waals surface area contributed by atoms with E-state index in [4.69, 9.17) is 4.42 Å². The molecule has 0 unspecified atom stereocenters. The van der Waals surface area contributed by atoms with Crippen LogP contribution in [0.25, 0.3) is 11.3 Å². The minimum atomic E-state index is -0.136. The quantitative estimate of drug-likeness (QED) is 0.546. The standard InChI is InChI=1S/C27H30N2O3/c1-4-19-8-10-20(11-9-19)27(31)28-23-7-5-6-21(15-23)25-16-22-17-29(13-12-24(22)32-25)26(30)14-18(2)3/h5-11,15-16,18H,4,12-14,17H2,1-3H3,(H,28,31).